The van der Waals surface area contributed by atoms with E-state index >= 15 is 0 Å². The number of carbonyl (C=O) groups is 1. The Hall–Kier alpha value is -3.32. The molecule has 7 heteroatoms. The van der Waals surface area contributed by atoms with Crippen molar-refractivity contribution in [1.82, 2.24) is 10.2 Å². The highest BCUT2D eigenvalue weighted by molar-refractivity contribution is 7.15. The van der Waals surface area contributed by atoms with Gasteiger partial charge in [0.05, 0.1) is 17.0 Å². The second kappa shape index (κ2) is 7.63. The molecule has 2 aromatic heterocycles. The van der Waals surface area contributed by atoms with Gasteiger partial charge in [-0.3, -0.25) is 14.5 Å². The van der Waals surface area contributed by atoms with Crippen LogP contribution in [0.5, 0.6) is 0 Å². The molecule has 6 nitrogen and oxygen atoms in total. The van der Waals surface area contributed by atoms with E-state index in [-0.39, 0.29) is 28.4 Å². The summed E-state index contributed by atoms with van der Waals surface area (Å²) in [5.41, 5.74) is 2.55. The summed E-state index contributed by atoms with van der Waals surface area (Å²) >= 11 is 1.37. The highest BCUT2D eigenvalue weighted by atomic mass is 32.1. The van der Waals surface area contributed by atoms with Crippen molar-refractivity contribution in [1.29, 1.82) is 0 Å². The van der Waals surface area contributed by atoms with Crippen LogP contribution in [0.1, 0.15) is 78.8 Å². The topological polar surface area (TPSA) is 76.3 Å². The molecule has 1 amide bonds. The van der Waals surface area contributed by atoms with Crippen LogP contribution >= 0.6 is 11.3 Å². The van der Waals surface area contributed by atoms with E-state index in [1.165, 1.54) is 16.9 Å². The van der Waals surface area contributed by atoms with Crippen LogP contribution in [-0.4, -0.2) is 16.1 Å². The van der Waals surface area contributed by atoms with Gasteiger partial charge in [-0.15, -0.1) is 10.2 Å². The zero-order valence-electron chi connectivity index (χ0n) is 19.2. The molecule has 0 spiro atoms. The zero-order valence-corrected chi connectivity index (χ0v) is 20.1. The van der Waals surface area contributed by atoms with Gasteiger partial charge in [-0.1, -0.05) is 82.4 Å². The molecule has 0 fully saturated rings. The van der Waals surface area contributed by atoms with E-state index in [0.29, 0.717) is 21.7 Å². The average Bonchev–Trinajstić information content (AvgIpc) is 3.37. The number of anilines is 1. The summed E-state index contributed by atoms with van der Waals surface area (Å²) in [6, 6.07) is 14.5. The third-order valence-electron chi connectivity index (χ3n) is 6.00. The number of hydrogen-bond acceptors (Lipinski definition) is 6. The molecule has 1 atom stereocenters. The lowest BCUT2D eigenvalue weighted by atomic mass is 9.86. The molecule has 33 heavy (non-hydrogen) atoms. The van der Waals surface area contributed by atoms with Crippen LogP contribution in [0, 0.1) is 0 Å². The molecule has 0 bridgehead atoms. The second-order valence-corrected chi connectivity index (χ2v) is 10.7. The normalized spacial score (nSPS) is 16.1. The van der Waals surface area contributed by atoms with Gasteiger partial charge in [0.2, 0.25) is 10.9 Å². The molecular formula is C26H25N3O3S. The van der Waals surface area contributed by atoms with Crippen molar-refractivity contribution >= 4 is 33.3 Å². The van der Waals surface area contributed by atoms with Crippen LogP contribution in [0.4, 0.5) is 5.13 Å². The number of hydrogen-bond donors (Lipinski definition) is 0. The van der Waals surface area contributed by atoms with E-state index < -0.39 is 6.04 Å². The maximum absolute atomic E-state index is 13.6. The summed E-state index contributed by atoms with van der Waals surface area (Å²) in [5.74, 6) is -0.114. The van der Waals surface area contributed by atoms with Gasteiger partial charge < -0.3 is 4.42 Å². The fraction of sp³-hybridized carbons (Fsp3) is 0.308. The monoisotopic (exact) mass is 459 g/mol. The molecule has 3 heterocycles. The van der Waals surface area contributed by atoms with Crippen molar-refractivity contribution in [2.24, 2.45) is 0 Å². The van der Waals surface area contributed by atoms with Crippen molar-refractivity contribution in [2.45, 2.75) is 52.0 Å². The van der Waals surface area contributed by atoms with E-state index in [1.54, 1.807) is 29.2 Å². The third-order valence-corrected chi connectivity index (χ3v) is 7.22. The predicted octanol–water partition coefficient (Wildman–Crippen LogP) is 5.82. The minimum absolute atomic E-state index is 0.0117. The number of nitrogens with zero attached hydrogens (tertiary/aromatic N) is 3. The quantitative estimate of drug-likeness (QED) is 0.386. The molecule has 0 saturated heterocycles. The third kappa shape index (κ3) is 3.47. The summed E-state index contributed by atoms with van der Waals surface area (Å²) in [6.45, 7) is 10.5. The van der Waals surface area contributed by atoms with E-state index in [4.69, 9.17) is 4.42 Å². The fourth-order valence-electron chi connectivity index (χ4n) is 4.15. The first-order valence-corrected chi connectivity index (χ1v) is 11.8. The Bertz CT molecular complexity index is 1430. The number of aromatic nitrogens is 2. The second-order valence-electron chi connectivity index (χ2n) is 9.70. The molecule has 4 aromatic rings. The van der Waals surface area contributed by atoms with Gasteiger partial charge in [0, 0.05) is 5.92 Å². The molecule has 0 N–H and O–H groups in total. The van der Waals surface area contributed by atoms with Gasteiger partial charge in [0.25, 0.3) is 5.91 Å². The van der Waals surface area contributed by atoms with E-state index in [1.807, 2.05) is 26.0 Å². The van der Waals surface area contributed by atoms with Crippen LogP contribution in [0.25, 0.3) is 11.0 Å². The van der Waals surface area contributed by atoms with E-state index in [0.717, 1.165) is 10.6 Å². The standard InChI is InChI=1S/C26H25N3O3S/c1-14(2)23-27-28-25(33-23)29-20(15-10-12-16(13-11-15)26(3,4)5)19-21(30)17-8-6-7-9-18(17)32-22(19)24(29)31/h6-14,20H,1-5H3. The van der Waals surface area contributed by atoms with Crippen molar-refractivity contribution in [2.75, 3.05) is 4.90 Å². The fourth-order valence-corrected chi connectivity index (χ4v) is 5.03. The Morgan fingerprint density at radius 2 is 1.70 bits per heavy atom. The summed E-state index contributed by atoms with van der Waals surface area (Å²) in [4.78, 5) is 28.8. The lowest BCUT2D eigenvalue weighted by molar-refractivity contribution is 0.0970. The average molecular weight is 460 g/mol. The van der Waals surface area contributed by atoms with Gasteiger partial charge in [-0.25, -0.2) is 0 Å². The lowest BCUT2D eigenvalue weighted by Crippen LogP contribution is -2.29. The van der Waals surface area contributed by atoms with Gasteiger partial charge in [-0.05, 0) is 28.7 Å². The Morgan fingerprint density at radius 1 is 1.00 bits per heavy atom. The van der Waals surface area contributed by atoms with Crippen molar-refractivity contribution in [3.8, 4) is 0 Å². The van der Waals surface area contributed by atoms with Crippen LogP contribution in [0.3, 0.4) is 0 Å². The molecule has 0 saturated carbocycles. The number of benzene rings is 2. The molecule has 1 aliphatic rings. The number of rotatable bonds is 3. The minimum Gasteiger partial charge on any atom is -0.450 e. The predicted molar refractivity (Wildman–Crippen MR) is 130 cm³/mol. The minimum atomic E-state index is -0.629. The highest BCUT2D eigenvalue weighted by Crippen LogP contribution is 2.43. The van der Waals surface area contributed by atoms with Crippen LogP contribution in [-0.2, 0) is 5.41 Å². The maximum atomic E-state index is 13.6. The first kappa shape index (κ1) is 21.5. The van der Waals surface area contributed by atoms with E-state index in [9.17, 15) is 9.59 Å². The van der Waals surface area contributed by atoms with Crippen LogP contribution < -0.4 is 10.3 Å². The van der Waals surface area contributed by atoms with Crippen molar-refractivity contribution in [3.63, 3.8) is 0 Å². The zero-order chi connectivity index (χ0) is 23.5. The number of amides is 1. The van der Waals surface area contributed by atoms with Gasteiger partial charge >= 0.3 is 0 Å². The van der Waals surface area contributed by atoms with Gasteiger partial charge in [0.1, 0.15) is 10.6 Å². The summed E-state index contributed by atoms with van der Waals surface area (Å²) in [6.07, 6.45) is 0. The molecule has 0 aliphatic carbocycles. The molecule has 5 rings (SSSR count). The Kier molecular flexibility index (Phi) is 4.97. The summed E-state index contributed by atoms with van der Waals surface area (Å²) < 4.78 is 6.00. The largest absolute Gasteiger partial charge is 0.450 e. The first-order valence-electron chi connectivity index (χ1n) is 11.0. The highest BCUT2D eigenvalue weighted by Gasteiger charge is 2.45. The number of fused-ring (bicyclic) bond motifs is 2. The van der Waals surface area contributed by atoms with Gasteiger partial charge in [-0.2, -0.15) is 0 Å². The maximum Gasteiger partial charge on any atom is 0.297 e. The Labute approximate surface area is 195 Å². The Morgan fingerprint density at radius 3 is 2.33 bits per heavy atom. The van der Waals surface area contributed by atoms with Gasteiger partial charge in [0.15, 0.2) is 5.43 Å². The molecule has 168 valence electrons. The molecule has 1 unspecified atom stereocenters. The lowest BCUT2D eigenvalue weighted by Gasteiger charge is -2.24. The van der Waals surface area contributed by atoms with Crippen LogP contribution in [0.2, 0.25) is 0 Å². The number of para-hydroxylation sites is 1. The van der Waals surface area contributed by atoms with Crippen LogP contribution in [0.15, 0.2) is 57.7 Å². The first-order chi connectivity index (χ1) is 15.7. The number of carbonyl (C=O) groups excluding carboxylic acids is 1. The molecule has 2 aromatic carbocycles. The summed E-state index contributed by atoms with van der Waals surface area (Å²) in [7, 11) is 0. The van der Waals surface area contributed by atoms with E-state index in [2.05, 4.69) is 43.1 Å². The smallest absolute Gasteiger partial charge is 0.297 e. The Balaban J connectivity index is 1.74. The molecule has 1 aliphatic heterocycles. The van der Waals surface area contributed by atoms with Crippen molar-refractivity contribution in [3.05, 3.63) is 86.2 Å². The molecular weight excluding hydrogens is 434 g/mol. The molecule has 0 radical (unpaired) electrons. The SMILES string of the molecule is CC(C)c1nnc(N2C(=O)c3oc4ccccc4c(=O)c3C2c2ccc(C(C)(C)C)cc2)s1. The summed E-state index contributed by atoms with van der Waals surface area (Å²) in [5, 5.41) is 10.3. The van der Waals surface area contributed by atoms with Crippen molar-refractivity contribution < 1.29 is 9.21 Å².